The molecule has 0 aliphatic carbocycles. The summed E-state index contributed by atoms with van der Waals surface area (Å²) in [6, 6.07) is 5.37. The second-order valence-electron chi connectivity index (χ2n) is 6.19. The summed E-state index contributed by atoms with van der Waals surface area (Å²) in [4.78, 5) is 56.5. The number of aliphatic hydroxyl groups excluding tert-OH is 1. The summed E-state index contributed by atoms with van der Waals surface area (Å²) in [6.45, 7) is 2.31. The van der Waals surface area contributed by atoms with Crippen LogP contribution in [-0.4, -0.2) is 50.6 Å². The molecule has 4 atom stereocenters. The number of carbonyl (C=O) groups excluding carboxylic acids is 4. The lowest BCUT2D eigenvalue weighted by atomic mass is 9.96. The number of ketones is 1. The molecule has 1 fully saturated rings. The highest BCUT2D eigenvalue weighted by molar-refractivity contribution is 8.14. The molecule has 0 spiro atoms. The molecule has 156 valence electrons. The van der Waals surface area contributed by atoms with Gasteiger partial charge in [0.05, 0.1) is 10.3 Å². The summed E-state index contributed by atoms with van der Waals surface area (Å²) in [6.07, 6.45) is -3.79. The average molecular weight is 426 g/mol. The van der Waals surface area contributed by atoms with E-state index in [-0.39, 0.29) is 12.3 Å². The summed E-state index contributed by atoms with van der Waals surface area (Å²) in [5, 5.41) is 20.9. The monoisotopic (exact) mass is 426 g/mol. The van der Waals surface area contributed by atoms with Crippen molar-refractivity contribution in [3.05, 3.63) is 39.9 Å². The smallest absolute Gasteiger partial charge is 0.430 e. The molecular formula is C17H18N2O9S. The minimum absolute atomic E-state index is 0.103. The van der Waals surface area contributed by atoms with Crippen LogP contribution in [0.4, 0.5) is 10.5 Å². The molecular weight excluding hydrogens is 408 g/mol. The third-order valence-electron chi connectivity index (χ3n) is 4.06. The number of Topliss-reactive ketones (excluding diaryl/α,β-unsaturated/α-hetero) is 1. The molecule has 1 saturated heterocycles. The predicted octanol–water partition coefficient (Wildman–Crippen LogP) is 0.918. The van der Waals surface area contributed by atoms with Crippen molar-refractivity contribution in [1.29, 1.82) is 0 Å². The van der Waals surface area contributed by atoms with Gasteiger partial charge in [-0.05, 0) is 31.5 Å². The molecule has 0 aromatic heterocycles. The maximum absolute atomic E-state index is 11.8. The number of nitrogens with zero attached hydrogens (tertiary/aromatic N) is 1. The third kappa shape index (κ3) is 5.74. The summed E-state index contributed by atoms with van der Waals surface area (Å²) in [7, 11) is 0. The Labute approximate surface area is 168 Å². The molecule has 1 aromatic rings. The fourth-order valence-corrected chi connectivity index (χ4v) is 3.61. The Hall–Kier alpha value is -2.99. The SMILES string of the molecule is CC(=O)C(O)C(=O)S[C@@H]1NC(=O)[C@@H]1C(C)OC(=O)OCc1ccc([N+](=O)[O-])cc1. The number of hydrogen-bond acceptors (Lipinski definition) is 10. The van der Waals surface area contributed by atoms with E-state index in [9.17, 15) is 34.4 Å². The van der Waals surface area contributed by atoms with E-state index in [0.717, 1.165) is 6.92 Å². The lowest BCUT2D eigenvalue weighted by Gasteiger charge is -2.38. The van der Waals surface area contributed by atoms with Crippen LogP contribution in [0.25, 0.3) is 0 Å². The summed E-state index contributed by atoms with van der Waals surface area (Å²) in [5.74, 6) is -2.04. The Balaban J connectivity index is 1.84. The molecule has 1 heterocycles. The average Bonchev–Trinajstić information content (AvgIpc) is 2.65. The topological polar surface area (TPSA) is 162 Å². The molecule has 2 N–H and O–H groups in total. The van der Waals surface area contributed by atoms with Crippen molar-refractivity contribution in [2.75, 3.05) is 0 Å². The number of aliphatic hydroxyl groups is 1. The van der Waals surface area contributed by atoms with E-state index in [1.54, 1.807) is 0 Å². The van der Waals surface area contributed by atoms with Gasteiger partial charge in [0.15, 0.2) is 11.9 Å². The minimum atomic E-state index is -1.79. The van der Waals surface area contributed by atoms with Gasteiger partial charge in [0, 0.05) is 12.1 Å². The number of thioether (sulfide) groups is 1. The number of β-lactam (4-membered cyclic amide) rings is 1. The number of non-ortho nitro benzene ring substituents is 1. The fourth-order valence-electron chi connectivity index (χ4n) is 2.40. The molecule has 2 rings (SSSR count). The van der Waals surface area contributed by atoms with Crippen molar-refractivity contribution in [2.45, 2.75) is 38.0 Å². The number of nitrogens with one attached hydrogen (secondary N) is 1. The lowest BCUT2D eigenvalue weighted by Crippen LogP contribution is -2.61. The van der Waals surface area contributed by atoms with Crippen LogP contribution in [-0.2, 0) is 30.5 Å². The van der Waals surface area contributed by atoms with Gasteiger partial charge in [0.2, 0.25) is 11.0 Å². The Morgan fingerprint density at radius 1 is 1.31 bits per heavy atom. The number of nitro groups is 1. The zero-order chi connectivity index (χ0) is 21.7. The number of ether oxygens (including phenoxy) is 2. The molecule has 1 aliphatic heterocycles. The summed E-state index contributed by atoms with van der Waals surface area (Å²) < 4.78 is 9.96. The largest absolute Gasteiger partial charge is 0.508 e. The van der Waals surface area contributed by atoms with Crippen molar-refractivity contribution in [3.63, 3.8) is 0 Å². The zero-order valence-electron chi connectivity index (χ0n) is 15.4. The van der Waals surface area contributed by atoms with Crippen LogP contribution in [0.1, 0.15) is 19.4 Å². The lowest BCUT2D eigenvalue weighted by molar-refractivity contribution is -0.384. The first kappa shape index (κ1) is 22.3. The summed E-state index contributed by atoms with van der Waals surface area (Å²) >= 11 is 0.575. The normalized spacial score (nSPS) is 19.9. The highest BCUT2D eigenvalue weighted by Gasteiger charge is 2.47. The highest BCUT2D eigenvalue weighted by Crippen LogP contribution is 2.31. The van der Waals surface area contributed by atoms with E-state index in [4.69, 9.17) is 9.47 Å². The van der Waals surface area contributed by atoms with Crippen LogP contribution in [0, 0.1) is 16.0 Å². The van der Waals surface area contributed by atoms with Crippen LogP contribution >= 0.6 is 11.8 Å². The number of rotatable bonds is 8. The van der Waals surface area contributed by atoms with Gasteiger partial charge < -0.3 is 19.9 Å². The van der Waals surface area contributed by atoms with Gasteiger partial charge >= 0.3 is 6.16 Å². The van der Waals surface area contributed by atoms with Gasteiger partial charge in [-0.1, -0.05) is 11.8 Å². The second kappa shape index (κ2) is 9.47. The Morgan fingerprint density at radius 2 is 1.93 bits per heavy atom. The van der Waals surface area contributed by atoms with Crippen molar-refractivity contribution in [1.82, 2.24) is 5.32 Å². The van der Waals surface area contributed by atoms with E-state index in [0.29, 0.717) is 17.3 Å². The Bertz CT molecular complexity index is 827. The molecule has 0 saturated carbocycles. The van der Waals surface area contributed by atoms with E-state index < -0.39 is 51.4 Å². The highest BCUT2D eigenvalue weighted by atomic mass is 32.2. The van der Waals surface area contributed by atoms with Crippen LogP contribution in [0.2, 0.25) is 0 Å². The molecule has 2 unspecified atom stereocenters. The van der Waals surface area contributed by atoms with Crippen molar-refractivity contribution in [3.8, 4) is 0 Å². The molecule has 1 aliphatic rings. The Morgan fingerprint density at radius 3 is 2.45 bits per heavy atom. The molecule has 29 heavy (non-hydrogen) atoms. The van der Waals surface area contributed by atoms with E-state index in [1.165, 1.54) is 31.2 Å². The first-order valence-corrected chi connectivity index (χ1v) is 9.24. The minimum Gasteiger partial charge on any atom is -0.430 e. The molecule has 11 nitrogen and oxygen atoms in total. The van der Waals surface area contributed by atoms with Crippen LogP contribution in [0.3, 0.4) is 0 Å². The van der Waals surface area contributed by atoms with E-state index in [2.05, 4.69) is 5.32 Å². The maximum atomic E-state index is 11.8. The van der Waals surface area contributed by atoms with Crippen LogP contribution in [0.5, 0.6) is 0 Å². The number of benzene rings is 1. The second-order valence-corrected chi connectivity index (χ2v) is 7.34. The van der Waals surface area contributed by atoms with Gasteiger partial charge in [-0.15, -0.1) is 0 Å². The molecule has 0 bridgehead atoms. The maximum Gasteiger partial charge on any atom is 0.508 e. The number of carbonyl (C=O) groups is 4. The van der Waals surface area contributed by atoms with Crippen LogP contribution in [0.15, 0.2) is 24.3 Å². The summed E-state index contributed by atoms with van der Waals surface area (Å²) in [5.41, 5.74) is 0.396. The zero-order valence-corrected chi connectivity index (χ0v) is 16.2. The molecule has 1 amide bonds. The van der Waals surface area contributed by atoms with Gasteiger partial charge in [-0.25, -0.2) is 4.79 Å². The van der Waals surface area contributed by atoms with Crippen LogP contribution < -0.4 is 5.32 Å². The number of nitro benzene ring substituents is 1. The molecule has 1 aromatic carbocycles. The standard InChI is InChI=1S/C17H18N2O9S/c1-8(20)13(21)16(23)29-15-12(14(22)18-15)9(2)28-17(24)27-7-10-3-5-11(6-4-10)19(25)26/h3-6,9,12-13,15,21H,7H2,1-2H3,(H,18,22)/t9?,12-,13?,15-/m0/s1. The van der Waals surface area contributed by atoms with Crippen molar-refractivity contribution < 1.29 is 38.7 Å². The number of hydrogen-bond donors (Lipinski definition) is 2. The predicted molar refractivity (Wildman–Crippen MR) is 98.5 cm³/mol. The first-order chi connectivity index (χ1) is 13.6. The van der Waals surface area contributed by atoms with Gasteiger partial charge in [0.1, 0.15) is 18.6 Å². The van der Waals surface area contributed by atoms with Gasteiger partial charge in [-0.3, -0.25) is 24.5 Å². The van der Waals surface area contributed by atoms with E-state index >= 15 is 0 Å². The van der Waals surface area contributed by atoms with Crippen molar-refractivity contribution in [2.24, 2.45) is 5.92 Å². The quantitative estimate of drug-likeness (QED) is 0.201. The van der Waals surface area contributed by atoms with Gasteiger partial charge in [0.25, 0.3) is 5.69 Å². The number of amides is 1. The molecule has 0 radical (unpaired) electrons. The van der Waals surface area contributed by atoms with Crippen molar-refractivity contribution >= 4 is 40.4 Å². The van der Waals surface area contributed by atoms with E-state index in [1.807, 2.05) is 0 Å². The fraction of sp³-hybridized carbons (Fsp3) is 0.412. The van der Waals surface area contributed by atoms with Gasteiger partial charge in [-0.2, -0.15) is 0 Å². The molecule has 12 heteroatoms. The Kier molecular flexibility index (Phi) is 7.29. The third-order valence-corrected chi connectivity index (χ3v) is 5.18. The first-order valence-electron chi connectivity index (χ1n) is 8.36.